The Bertz CT molecular complexity index is 459. The van der Waals surface area contributed by atoms with Gasteiger partial charge < -0.3 is 35.3 Å². The zero-order valence-corrected chi connectivity index (χ0v) is 16.5. The lowest BCUT2D eigenvalue weighted by atomic mass is 10.2. The molecule has 0 bridgehead atoms. The first-order chi connectivity index (χ1) is 12.8. The number of amides is 2. The highest BCUT2D eigenvalue weighted by atomic mass is 16.6. The van der Waals surface area contributed by atoms with Crippen LogP contribution in [0.3, 0.4) is 0 Å². The van der Waals surface area contributed by atoms with Crippen molar-refractivity contribution in [3.05, 3.63) is 0 Å². The molecular formula is C18H33N3O6. The van der Waals surface area contributed by atoms with Crippen LogP contribution in [0.5, 0.6) is 0 Å². The van der Waals surface area contributed by atoms with Crippen molar-refractivity contribution >= 4 is 12.0 Å². The second-order valence-corrected chi connectivity index (χ2v) is 6.57. The molecule has 0 saturated carbocycles. The molecule has 27 heavy (non-hydrogen) atoms. The van der Waals surface area contributed by atoms with Crippen LogP contribution < -0.4 is 16.4 Å². The first kappa shape index (κ1) is 25.1. The van der Waals surface area contributed by atoms with Crippen molar-refractivity contribution in [1.82, 2.24) is 10.6 Å². The minimum atomic E-state index is -0.683. The summed E-state index contributed by atoms with van der Waals surface area (Å²) >= 11 is 0. The van der Waals surface area contributed by atoms with Gasteiger partial charge in [-0.1, -0.05) is 0 Å². The van der Waals surface area contributed by atoms with Crippen LogP contribution in [-0.2, 0) is 23.7 Å². The molecule has 0 fully saturated rings. The summed E-state index contributed by atoms with van der Waals surface area (Å²) in [5.41, 5.74) is 5.04. The lowest BCUT2D eigenvalue weighted by Gasteiger charge is -2.19. The van der Waals surface area contributed by atoms with Crippen LogP contribution in [0.25, 0.3) is 0 Å². The zero-order chi connectivity index (χ0) is 20.5. The molecule has 4 N–H and O–H groups in total. The van der Waals surface area contributed by atoms with Crippen molar-refractivity contribution in [2.75, 3.05) is 52.7 Å². The van der Waals surface area contributed by atoms with E-state index in [2.05, 4.69) is 16.6 Å². The topological polar surface area (TPSA) is 121 Å². The number of ether oxygens (including phenoxy) is 4. The Hall–Kier alpha value is -1.86. The van der Waals surface area contributed by atoms with E-state index in [4.69, 9.17) is 31.1 Å². The van der Waals surface area contributed by atoms with Gasteiger partial charge in [0.05, 0.1) is 45.7 Å². The van der Waals surface area contributed by atoms with E-state index in [-0.39, 0.29) is 12.3 Å². The number of carbonyl (C=O) groups is 2. The molecular weight excluding hydrogens is 354 g/mol. The lowest BCUT2D eigenvalue weighted by molar-refractivity contribution is -0.122. The predicted molar refractivity (Wildman–Crippen MR) is 101 cm³/mol. The minimum Gasteiger partial charge on any atom is -0.444 e. The maximum Gasteiger partial charge on any atom is 0.407 e. The maximum absolute atomic E-state index is 11.5. The maximum atomic E-state index is 11.5. The second-order valence-electron chi connectivity index (χ2n) is 6.57. The van der Waals surface area contributed by atoms with Gasteiger partial charge in [0.15, 0.2) is 0 Å². The summed E-state index contributed by atoms with van der Waals surface area (Å²) in [6.45, 7) is 8.55. The molecule has 2 amide bonds. The summed E-state index contributed by atoms with van der Waals surface area (Å²) in [5, 5.41) is 5.23. The number of carbonyl (C=O) groups excluding carboxylic acids is 2. The van der Waals surface area contributed by atoms with Crippen LogP contribution in [0, 0.1) is 12.3 Å². The number of nitrogens with two attached hydrogens (primary N) is 1. The highest BCUT2D eigenvalue weighted by Gasteiger charge is 2.15. The van der Waals surface area contributed by atoms with Gasteiger partial charge in [-0.2, -0.15) is 0 Å². The van der Waals surface area contributed by atoms with Crippen LogP contribution >= 0.6 is 0 Å². The number of alkyl carbamates (subject to hydrolysis) is 1. The van der Waals surface area contributed by atoms with Gasteiger partial charge in [0.1, 0.15) is 5.60 Å². The summed E-state index contributed by atoms with van der Waals surface area (Å²) in [6.07, 6.45) is 4.83. The highest BCUT2D eigenvalue weighted by Crippen LogP contribution is 2.05. The average molecular weight is 387 g/mol. The van der Waals surface area contributed by atoms with Crippen molar-refractivity contribution < 1.29 is 28.5 Å². The first-order valence-corrected chi connectivity index (χ1v) is 8.93. The number of hydrogen-bond donors (Lipinski definition) is 3. The molecule has 0 aromatic heterocycles. The molecule has 0 aliphatic carbocycles. The fourth-order valence-electron chi connectivity index (χ4n) is 1.68. The smallest absolute Gasteiger partial charge is 0.407 e. The number of nitrogens with one attached hydrogen (secondary N) is 2. The standard InChI is InChI=1S/C18H33N3O6/c1-5-6-15(19)16(22)20-7-9-24-11-13-26-14-12-25-10-8-21-17(23)27-18(2,3)4/h1,15H,6-14,19H2,2-4H3,(H,20,22)(H,21,23). The average Bonchev–Trinajstić information content (AvgIpc) is 2.57. The normalized spacial score (nSPS) is 12.1. The van der Waals surface area contributed by atoms with Gasteiger partial charge in [-0.25, -0.2) is 4.79 Å². The molecule has 156 valence electrons. The summed E-state index contributed by atoms with van der Waals surface area (Å²) in [6, 6.07) is -0.683. The van der Waals surface area contributed by atoms with E-state index < -0.39 is 17.7 Å². The molecule has 9 nitrogen and oxygen atoms in total. The van der Waals surface area contributed by atoms with E-state index in [1.165, 1.54) is 0 Å². The predicted octanol–water partition coefficient (Wildman–Crippen LogP) is 0.0277. The van der Waals surface area contributed by atoms with Gasteiger partial charge in [-0.3, -0.25) is 4.79 Å². The van der Waals surface area contributed by atoms with Gasteiger partial charge in [0.2, 0.25) is 5.91 Å². The Morgan fingerprint density at radius 2 is 1.44 bits per heavy atom. The molecule has 0 aromatic rings. The van der Waals surface area contributed by atoms with Crippen LogP contribution in [0.2, 0.25) is 0 Å². The third-order valence-corrected chi connectivity index (χ3v) is 2.88. The Morgan fingerprint density at radius 1 is 0.963 bits per heavy atom. The third kappa shape index (κ3) is 17.3. The fraction of sp³-hybridized carbons (Fsp3) is 0.778. The largest absolute Gasteiger partial charge is 0.444 e. The molecule has 0 rings (SSSR count). The summed E-state index contributed by atoms with van der Waals surface area (Å²) in [5.74, 6) is 2.05. The molecule has 9 heteroatoms. The van der Waals surface area contributed by atoms with Gasteiger partial charge in [-0.15, -0.1) is 12.3 Å². The molecule has 0 radical (unpaired) electrons. The summed E-state index contributed by atoms with van der Waals surface area (Å²) in [7, 11) is 0. The minimum absolute atomic E-state index is 0.208. The summed E-state index contributed by atoms with van der Waals surface area (Å²) in [4.78, 5) is 22.8. The third-order valence-electron chi connectivity index (χ3n) is 2.88. The van der Waals surface area contributed by atoms with Crippen LogP contribution in [0.4, 0.5) is 4.79 Å². The number of hydrogen-bond acceptors (Lipinski definition) is 7. The zero-order valence-electron chi connectivity index (χ0n) is 16.5. The van der Waals surface area contributed by atoms with E-state index in [0.29, 0.717) is 52.7 Å². The number of terminal acetylenes is 1. The van der Waals surface area contributed by atoms with E-state index in [1.807, 2.05) is 0 Å². The lowest BCUT2D eigenvalue weighted by Crippen LogP contribution is -2.41. The number of rotatable bonds is 14. The van der Waals surface area contributed by atoms with Gasteiger partial charge >= 0.3 is 6.09 Å². The quantitative estimate of drug-likeness (QED) is 0.284. The SMILES string of the molecule is C#CCC(N)C(=O)NCCOCCOCCOCCNC(=O)OC(C)(C)C. The molecule has 0 heterocycles. The molecule has 0 saturated heterocycles. The molecule has 1 atom stereocenters. The van der Waals surface area contributed by atoms with Crippen molar-refractivity contribution in [2.45, 2.75) is 38.8 Å². The van der Waals surface area contributed by atoms with E-state index in [1.54, 1.807) is 20.8 Å². The fourth-order valence-corrected chi connectivity index (χ4v) is 1.68. The van der Waals surface area contributed by atoms with Crippen LogP contribution in [0.15, 0.2) is 0 Å². The Balaban J connectivity index is 3.31. The van der Waals surface area contributed by atoms with Crippen molar-refractivity contribution in [3.8, 4) is 12.3 Å². The van der Waals surface area contributed by atoms with E-state index >= 15 is 0 Å². The second kappa shape index (κ2) is 15.2. The van der Waals surface area contributed by atoms with Crippen molar-refractivity contribution in [3.63, 3.8) is 0 Å². The van der Waals surface area contributed by atoms with Gasteiger partial charge in [0.25, 0.3) is 0 Å². The molecule has 0 aliphatic rings. The van der Waals surface area contributed by atoms with E-state index in [9.17, 15) is 9.59 Å². The monoisotopic (exact) mass is 387 g/mol. The van der Waals surface area contributed by atoms with E-state index in [0.717, 1.165) is 0 Å². The van der Waals surface area contributed by atoms with Crippen LogP contribution in [0.1, 0.15) is 27.2 Å². The van der Waals surface area contributed by atoms with Crippen molar-refractivity contribution in [2.24, 2.45) is 5.73 Å². The highest BCUT2D eigenvalue weighted by molar-refractivity contribution is 5.81. The van der Waals surface area contributed by atoms with Gasteiger partial charge in [0, 0.05) is 19.5 Å². The molecule has 0 spiro atoms. The van der Waals surface area contributed by atoms with Crippen LogP contribution in [-0.4, -0.2) is 76.4 Å². The molecule has 0 aromatic carbocycles. The molecule has 0 aliphatic heterocycles. The molecule has 1 unspecified atom stereocenters. The van der Waals surface area contributed by atoms with Gasteiger partial charge in [-0.05, 0) is 20.8 Å². The first-order valence-electron chi connectivity index (χ1n) is 8.93. The Labute approximate surface area is 161 Å². The Kier molecular flexibility index (Phi) is 14.2. The Morgan fingerprint density at radius 3 is 1.93 bits per heavy atom. The summed E-state index contributed by atoms with van der Waals surface area (Å²) < 4.78 is 21.1. The van der Waals surface area contributed by atoms with Crippen molar-refractivity contribution in [1.29, 1.82) is 0 Å².